The number of hydrogen-bond donors (Lipinski definition) is 1. The van der Waals surface area contributed by atoms with E-state index in [9.17, 15) is 0 Å². The quantitative estimate of drug-likeness (QED) is 0.610. The van der Waals surface area contributed by atoms with Crippen LogP contribution in [0.4, 0.5) is 0 Å². The van der Waals surface area contributed by atoms with E-state index in [1.165, 1.54) is 0 Å². The Balaban J connectivity index is 1.83. The van der Waals surface area contributed by atoms with E-state index in [0.29, 0.717) is 12.5 Å². The summed E-state index contributed by atoms with van der Waals surface area (Å²) >= 11 is 0. The molecule has 1 aliphatic heterocycles. The standard InChI is InChI=1S/C18H29N3O3/c1-14(24-17-8-6-5-7-16(17)23-4)11-20-18(19-2)21-10-9-15(12-21)13-22-3/h5-8,14-15H,9-13H2,1-4H3,(H,19,20). The van der Waals surface area contributed by atoms with Crippen molar-refractivity contribution in [2.45, 2.75) is 19.4 Å². The number of hydrogen-bond acceptors (Lipinski definition) is 4. The van der Waals surface area contributed by atoms with Gasteiger partial charge in [0.1, 0.15) is 6.10 Å². The number of rotatable bonds is 7. The lowest BCUT2D eigenvalue weighted by molar-refractivity contribution is 0.157. The first-order valence-electron chi connectivity index (χ1n) is 8.42. The monoisotopic (exact) mass is 335 g/mol. The number of nitrogens with one attached hydrogen (secondary N) is 1. The Hall–Kier alpha value is -1.95. The van der Waals surface area contributed by atoms with Gasteiger partial charge in [0.25, 0.3) is 0 Å². The fourth-order valence-electron chi connectivity index (χ4n) is 2.94. The fourth-order valence-corrected chi connectivity index (χ4v) is 2.94. The maximum atomic E-state index is 5.97. The van der Waals surface area contributed by atoms with Gasteiger partial charge in [0.15, 0.2) is 17.5 Å². The Morgan fingerprint density at radius 3 is 2.75 bits per heavy atom. The number of aliphatic imine (C=N–C) groups is 1. The van der Waals surface area contributed by atoms with Gasteiger partial charge < -0.3 is 24.4 Å². The number of para-hydroxylation sites is 2. The second kappa shape index (κ2) is 9.37. The highest BCUT2D eigenvalue weighted by atomic mass is 16.5. The molecule has 0 aromatic heterocycles. The fraction of sp³-hybridized carbons (Fsp3) is 0.611. The van der Waals surface area contributed by atoms with Crippen LogP contribution in [0.5, 0.6) is 11.5 Å². The SMILES string of the molecule is CN=C(NCC(C)Oc1ccccc1OC)N1CCC(COC)C1. The predicted octanol–water partition coefficient (Wildman–Crippen LogP) is 2.01. The van der Waals surface area contributed by atoms with Crippen LogP contribution in [0.3, 0.4) is 0 Å². The second-order valence-electron chi connectivity index (χ2n) is 6.06. The number of nitrogens with zero attached hydrogens (tertiary/aromatic N) is 2. The molecule has 1 N–H and O–H groups in total. The molecule has 6 nitrogen and oxygen atoms in total. The van der Waals surface area contributed by atoms with Crippen LogP contribution in [0, 0.1) is 5.92 Å². The van der Waals surface area contributed by atoms with Crippen LogP contribution in [0.1, 0.15) is 13.3 Å². The van der Waals surface area contributed by atoms with Crippen LogP contribution < -0.4 is 14.8 Å². The highest BCUT2D eigenvalue weighted by molar-refractivity contribution is 5.80. The molecule has 1 aromatic carbocycles. The average Bonchev–Trinajstić information content (AvgIpc) is 3.05. The van der Waals surface area contributed by atoms with Crippen molar-refractivity contribution in [2.75, 3.05) is 47.5 Å². The third-order valence-electron chi connectivity index (χ3n) is 4.14. The largest absolute Gasteiger partial charge is 0.493 e. The molecule has 0 bridgehead atoms. The Kier molecular flexibility index (Phi) is 7.18. The van der Waals surface area contributed by atoms with Crippen LogP contribution in [0.15, 0.2) is 29.3 Å². The zero-order chi connectivity index (χ0) is 17.4. The van der Waals surface area contributed by atoms with Crippen molar-refractivity contribution in [3.63, 3.8) is 0 Å². The molecular weight excluding hydrogens is 306 g/mol. The molecule has 0 aliphatic carbocycles. The normalized spacial score (nSPS) is 19.2. The summed E-state index contributed by atoms with van der Waals surface area (Å²) in [4.78, 5) is 6.67. The number of likely N-dealkylation sites (tertiary alicyclic amines) is 1. The smallest absolute Gasteiger partial charge is 0.193 e. The average molecular weight is 335 g/mol. The number of benzene rings is 1. The molecule has 2 rings (SSSR count). The van der Waals surface area contributed by atoms with Gasteiger partial charge in [-0.25, -0.2) is 0 Å². The van der Waals surface area contributed by atoms with Gasteiger partial charge in [0, 0.05) is 33.2 Å². The molecule has 0 spiro atoms. The lowest BCUT2D eigenvalue weighted by atomic mass is 10.1. The first-order chi connectivity index (χ1) is 11.7. The maximum Gasteiger partial charge on any atom is 0.193 e. The molecule has 2 atom stereocenters. The van der Waals surface area contributed by atoms with Crippen LogP contribution in [0.2, 0.25) is 0 Å². The number of ether oxygens (including phenoxy) is 3. The van der Waals surface area contributed by atoms with Crippen molar-refractivity contribution in [1.82, 2.24) is 10.2 Å². The lowest BCUT2D eigenvalue weighted by Crippen LogP contribution is -2.43. The topological polar surface area (TPSA) is 55.3 Å². The minimum Gasteiger partial charge on any atom is -0.493 e. The summed E-state index contributed by atoms with van der Waals surface area (Å²) in [6.07, 6.45) is 1.14. The second-order valence-corrected chi connectivity index (χ2v) is 6.06. The van der Waals surface area contributed by atoms with Crippen molar-refractivity contribution in [1.29, 1.82) is 0 Å². The Labute approximate surface area is 144 Å². The van der Waals surface area contributed by atoms with E-state index in [1.807, 2.05) is 38.2 Å². The van der Waals surface area contributed by atoms with Gasteiger partial charge in [-0.1, -0.05) is 12.1 Å². The lowest BCUT2D eigenvalue weighted by Gasteiger charge is -2.24. The van der Waals surface area contributed by atoms with Gasteiger partial charge in [-0.2, -0.15) is 0 Å². The number of methoxy groups -OCH3 is 2. The first kappa shape index (κ1) is 18.4. The Morgan fingerprint density at radius 1 is 1.33 bits per heavy atom. The van der Waals surface area contributed by atoms with Crippen LogP contribution >= 0.6 is 0 Å². The van der Waals surface area contributed by atoms with Crippen molar-refractivity contribution >= 4 is 5.96 Å². The van der Waals surface area contributed by atoms with Crippen molar-refractivity contribution in [2.24, 2.45) is 10.9 Å². The van der Waals surface area contributed by atoms with Crippen LogP contribution in [-0.4, -0.2) is 64.5 Å². The maximum absolute atomic E-state index is 5.97. The summed E-state index contributed by atoms with van der Waals surface area (Å²) in [5.41, 5.74) is 0. The first-order valence-corrected chi connectivity index (χ1v) is 8.42. The highest BCUT2D eigenvalue weighted by Crippen LogP contribution is 2.26. The predicted molar refractivity (Wildman–Crippen MR) is 96.0 cm³/mol. The van der Waals surface area contributed by atoms with Gasteiger partial charge in [-0.3, -0.25) is 4.99 Å². The summed E-state index contributed by atoms with van der Waals surface area (Å²) < 4.78 is 16.5. The molecule has 1 heterocycles. The molecule has 24 heavy (non-hydrogen) atoms. The van der Waals surface area contributed by atoms with Crippen molar-refractivity contribution < 1.29 is 14.2 Å². The molecule has 1 fully saturated rings. The van der Waals surface area contributed by atoms with E-state index < -0.39 is 0 Å². The molecule has 6 heteroatoms. The molecule has 0 radical (unpaired) electrons. The van der Waals surface area contributed by atoms with Gasteiger partial charge in [-0.15, -0.1) is 0 Å². The molecule has 0 amide bonds. The molecule has 134 valence electrons. The molecule has 2 unspecified atom stereocenters. The van der Waals surface area contributed by atoms with Gasteiger partial charge in [0.05, 0.1) is 20.3 Å². The van der Waals surface area contributed by atoms with Crippen molar-refractivity contribution in [3.8, 4) is 11.5 Å². The number of guanidine groups is 1. The van der Waals surface area contributed by atoms with Crippen LogP contribution in [-0.2, 0) is 4.74 Å². The van der Waals surface area contributed by atoms with E-state index in [-0.39, 0.29) is 6.10 Å². The summed E-state index contributed by atoms with van der Waals surface area (Å²) in [6.45, 7) is 5.51. The molecule has 1 aromatic rings. The zero-order valence-corrected chi connectivity index (χ0v) is 15.1. The van der Waals surface area contributed by atoms with E-state index in [0.717, 1.165) is 43.6 Å². The Morgan fingerprint density at radius 2 is 2.08 bits per heavy atom. The molecule has 1 saturated heterocycles. The third-order valence-corrected chi connectivity index (χ3v) is 4.14. The zero-order valence-electron chi connectivity index (χ0n) is 15.1. The summed E-state index contributed by atoms with van der Waals surface area (Å²) in [5.74, 6) is 3.00. The van der Waals surface area contributed by atoms with E-state index >= 15 is 0 Å². The van der Waals surface area contributed by atoms with Crippen molar-refractivity contribution in [3.05, 3.63) is 24.3 Å². The summed E-state index contributed by atoms with van der Waals surface area (Å²) in [5, 5.41) is 3.40. The van der Waals surface area contributed by atoms with Gasteiger partial charge in [-0.05, 0) is 25.5 Å². The molecule has 0 saturated carbocycles. The minimum atomic E-state index is -0.00424. The molecule has 1 aliphatic rings. The summed E-state index contributed by atoms with van der Waals surface area (Å²) in [7, 11) is 5.22. The third kappa shape index (κ3) is 5.03. The minimum absolute atomic E-state index is 0.00424. The molecular formula is C18H29N3O3. The van der Waals surface area contributed by atoms with Gasteiger partial charge in [0.2, 0.25) is 0 Å². The summed E-state index contributed by atoms with van der Waals surface area (Å²) in [6, 6.07) is 7.69. The van der Waals surface area contributed by atoms with E-state index in [4.69, 9.17) is 14.2 Å². The van der Waals surface area contributed by atoms with Crippen LogP contribution in [0.25, 0.3) is 0 Å². The Bertz CT molecular complexity index is 536. The van der Waals surface area contributed by atoms with Gasteiger partial charge >= 0.3 is 0 Å². The highest BCUT2D eigenvalue weighted by Gasteiger charge is 2.24. The van der Waals surface area contributed by atoms with E-state index in [2.05, 4.69) is 15.2 Å². The van der Waals surface area contributed by atoms with E-state index in [1.54, 1.807) is 14.2 Å².